The van der Waals surface area contributed by atoms with Gasteiger partial charge < -0.3 is 0 Å². The van der Waals surface area contributed by atoms with Crippen LogP contribution in [0.3, 0.4) is 0 Å². The van der Waals surface area contributed by atoms with Gasteiger partial charge in [0.2, 0.25) is 0 Å². The number of hydrogen-bond donors (Lipinski definition) is 0. The molecule has 0 aliphatic rings. The zero-order valence-electron chi connectivity index (χ0n) is 15.2. The van der Waals surface area contributed by atoms with Gasteiger partial charge >= 0.3 is 12.4 Å². The average molecular weight is 420 g/mol. The van der Waals surface area contributed by atoms with Crippen LogP contribution < -0.4 is 0 Å². The molecule has 8 heteroatoms. The molecule has 3 rings (SSSR count). The largest absolute Gasteiger partial charge is 0.416 e. The minimum absolute atomic E-state index is 0.525. The number of alkyl halides is 6. The van der Waals surface area contributed by atoms with Crippen molar-refractivity contribution in [3.05, 3.63) is 94.6 Å². The molecule has 0 spiro atoms. The third-order valence-corrected chi connectivity index (χ3v) is 4.08. The second kappa shape index (κ2) is 8.52. The second-order valence-corrected chi connectivity index (χ2v) is 6.27. The Morgan fingerprint density at radius 1 is 0.533 bits per heavy atom. The SMILES string of the molecule is FC(F)(F)c1ccc(/C=C/c2cc(/C=C/c3ccc(C(F)(F)F)cc3)ncn2)cc1. The smallest absolute Gasteiger partial charge is 0.237 e. The first-order valence-electron chi connectivity index (χ1n) is 8.64. The highest BCUT2D eigenvalue weighted by Gasteiger charge is 2.30. The molecule has 154 valence electrons. The van der Waals surface area contributed by atoms with Crippen LogP contribution in [0.25, 0.3) is 24.3 Å². The number of rotatable bonds is 4. The van der Waals surface area contributed by atoms with Crippen molar-refractivity contribution in [1.29, 1.82) is 0 Å². The molecule has 1 heterocycles. The molecule has 3 aromatic rings. The summed E-state index contributed by atoms with van der Waals surface area (Å²) in [5.41, 5.74) is 0.746. The zero-order valence-corrected chi connectivity index (χ0v) is 15.2. The molecule has 1 aromatic heterocycles. The minimum atomic E-state index is -4.39. The number of benzene rings is 2. The Balaban J connectivity index is 1.70. The molecule has 0 saturated heterocycles. The van der Waals surface area contributed by atoms with Gasteiger partial charge in [0.1, 0.15) is 6.33 Å². The molecular formula is C22H14F6N2. The van der Waals surface area contributed by atoms with Crippen molar-refractivity contribution in [3.63, 3.8) is 0 Å². The lowest BCUT2D eigenvalue weighted by atomic mass is 10.1. The van der Waals surface area contributed by atoms with Crippen molar-refractivity contribution in [1.82, 2.24) is 9.97 Å². The van der Waals surface area contributed by atoms with E-state index in [9.17, 15) is 26.3 Å². The Hall–Kier alpha value is -3.42. The lowest BCUT2D eigenvalue weighted by Crippen LogP contribution is -2.03. The predicted octanol–water partition coefficient (Wildman–Crippen LogP) is 6.86. The highest BCUT2D eigenvalue weighted by molar-refractivity contribution is 5.71. The van der Waals surface area contributed by atoms with E-state index in [0.29, 0.717) is 22.5 Å². The van der Waals surface area contributed by atoms with Crippen LogP contribution in [-0.4, -0.2) is 9.97 Å². The summed E-state index contributed by atoms with van der Waals surface area (Å²) in [7, 11) is 0. The Morgan fingerprint density at radius 3 is 1.23 bits per heavy atom. The summed E-state index contributed by atoms with van der Waals surface area (Å²) in [5, 5.41) is 0. The van der Waals surface area contributed by atoms with Crippen LogP contribution in [0, 0.1) is 0 Å². The fourth-order valence-corrected chi connectivity index (χ4v) is 2.50. The van der Waals surface area contributed by atoms with Gasteiger partial charge in [0.15, 0.2) is 0 Å². The molecule has 0 amide bonds. The lowest BCUT2D eigenvalue weighted by Gasteiger charge is -2.06. The standard InChI is InChI=1S/C22H14F6N2/c23-21(24,25)17-7-1-15(2-8-17)5-11-19-13-20(30-14-29-19)12-6-16-3-9-18(10-4-16)22(26,27)28/h1-14H/b11-5+,12-6+. The maximum atomic E-state index is 12.6. The molecule has 2 nitrogen and oxygen atoms in total. The number of halogens is 6. The summed E-state index contributed by atoms with van der Waals surface area (Å²) < 4.78 is 75.5. The van der Waals surface area contributed by atoms with Gasteiger partial charge in [-0.25, -0.2) is 9.97 Å². The van der Waals surface area contributed by atoms with Crippen LogP contribution in [0.15, 0.2) is 60.9 Å². The first kappa shape index (κ1) is 21.3. The van der Waals surface area contributed by atoms with Crippen molar-refractivity contribution in [2.45, 2.75) is 12.4 Å². The average Bonchev–Trinajstić information content (AvgIpc) is 2.70. The van der Waals surface area contributed by atoms with E-state index < -0.39 is 23.5 Å². The van der Waals surface area contributed by atoms with Crippen molar-refractivity contribution in [2.75, 3.05) is 0 Å². The molecule has 0 radical (unpaired) electrons. The van der Waals surface area contributed by atoms with E-state index in [1.807, 2.05) is 0 Å². The van der Waals surface area contributed by atoms with Crippen LogP contribution in [0.1, 0.15) is 33.6 Å². The first-order chi connectivity index (χ1) is 14.1. The number of hydrogen-bond acceptors (Lipinski definition) is 2. The fourth-order valence-electron chi connectivity index (χ4n) is 2.50. The van der Waals surface area contributed by atoms with Gasteiger partial charge in [-0.05, 0) is 53.6 Å². The Kier molecular flexibility index (Phi) is 6.05. The van der Waals surface area contributed by atoms with E-state index in [0.717, 1.165) is 24.3 Å². The van der Waals surface area contributed by atoms with E-state index in [4.69, 9.17) is 0 Å². The van der Waals surface area contributed by atoms with Crippen LogP contribution in [0.5, 0.6) is 0 Å². The summed E-state index contributed by atoms with van der Waals surface area (Å²) in [6, 6.07) is 11.0. The van der Waals surface area contributed by atoms with Crippen LogP contribution in [0.4, 0.5) is 26.3 Å². The summed E-state index contributed by atoms with van der Waals surface area (Å²) in [5.74, 6) is 0. The first-order valence-corrected chi connectivity index (χ1v) is 8.64. The normalized spacial score (nSPS) is 12.7. The molecule has 0 bridgehead atoms. The van der Waals surface area contributed by atoms with Crippen LogP contribution >= 0.6 is 0 Å². The Bertz CT molecular complexity index is 964. The molecule has 0 atom stereocenters. The topological polar surface area (TPSA) is 25.8 Å². The van der Waals surface area contributed by atoms with E-state index >= 15 is 0 Å². The lowest BCUT2D eigenvalue weighted by molar-refractivity contribution is -0.138. The van der Waals surface area contributed by atoms with Crippen molar-refractivity contribution >= 4 is 24.3 Å². The van der Waals surface area contributed by atoms with E-state index in [2.05, 4.69) is 9.97 Å². The summed E-state index contributed by atoms with van der Waals surface area (Å²) in [6.45, 7) is 0. The molecular weight excluding hydrogens is 406 g/mol. The van der Waals surface area contributed by atoms with Crippen molar-refractivity contribution < 1.29 is 26.3 Å². The number of aromatic nitrogens is 2. The molecule has 0 aliphatic heterocycles. The van der Waals surface area contributed by atoms with Crippen molar-refractivity contribution in [2.24, 2.45) is 0 Å². The van der Waals surface area contributed by atoms with Gasteiger partial charge in [0, 0.05) is 0 Å². The van der Waals surface area contributed by atoms with Gasteiger partial charge in [-0.3, -0.25) is 0 Å². The van der Waals surface area contributed by atoms with E-state index in [1.165, 1.54) is 30.6 Å². The highest BCUT2D eigenvalue weighted by Crippen LogP contribution is 2.30. The molecule has 0 aliphatic carbocycles. The van der Waals surface area contributed by atoms with Crippen LogP contribution in [-0.2, 0) is 12.4 Å². The van der Waals surface area contributed by atoms with Crippen molar-refractivity contribution in [3.8, 4) is 0 Å². The predicted molar refractivity (Wildman–Crippen MR) is 103 cm³/mol. The van der Waals surface area contributed by atoms with E-state index in [1.54, 1.807) is 30.4 Å². The highest BCUT2D eigenvalue weighted by atomic mass is 19.4. The third kappa shape index (κ3) is 5.79. The monoisotopic (exact) mass is 420 g/mol. The summed E-state index contributed by atoms with van der Waals surface area (Å²) in [4.78, 5) is 8.14. The minimum Gasteiger partial charge on any atom is -0.237 e. The Morgan fingerprint density at radius 2 is 0.900 bits per heavy atom. The van der Waals surface area contributed by atoms with Gasteiger partial charge in [-0.15, -0.1) is 0 Å². The molecule has 0 fully saturated rings. The Labute approximate surface area is 168 Å². The van der Waals surface area contributed by atoms with Crippen LogP contribution in [0.2, 0.25) is 0 Å². The summed E-state index contributed by atoms with van der Waals surface area (Å²) >= 11 is 0. The van der Waals surface area contributed by atoms with Gasteiger partial charge in [-0.1, -0.05) is 36.4 Å². The second-order valence-electron chi connectivity index (χ2n) is 6.27. The molecule has 2 aromatic carbocycles. The third-order valence-electron chi connectivity index (χ3n) is 4.08. The quantitative estimate of drug-likeness (QED) is 0.431. The van der Waals surface area contributed by atoms with E-state index in [-0.39, 0.29) is 0 Å². The molecule has 0 saturated carbocycles. The molecule has 0 unspecified atom stereocenters. The fraction of sp³-hybridized carbons (Fsp3) is 0.0909. The number of nitrogens with zero attached hydrogens (tertiary/aromatic N) is 2. The van der Waals surface area contributed by atoms with Gasteiger partial charge in [0.25, 0.3) is 0 Å². The maximum absolute atomic E-state index is 12.6. The summed E-state index contributed by atoms with van der Waals surface area (Å²) in [6.07, 6.45) is -0.970. The zero-order chi connectivity index (χ0) is 21.8. The van der Waals surface area contributed by atoms with Gasteiger partial charge in [0.05, 0.1) is 22.5 Å². The molecule has 0 N–H and O–H groups in total. The van der Waals surface area contributed by atoms with Gasteiger partial charge in [-0.2, -0.15) is 26.3 Å². The molecule has 30 heavy (non-hydrogen) atoms. The maximum Gasteiger partial charge on any atom is 0.416 e.